The van der Waals surface area contributed by atoms with E-state index in [-0.39, 0.29) is 17.2 Å². The first-order valence-corrected chi connectivity index (χ1v) is 11.9. The third-order valence-electron chi connectivity index (χ3n) is 5.52. The second-order valence-electron chi connectivity index (χ2n) is 7.69. The van der Waals surface area contributed by atoms with E-state index in [2.05, 4.69) is 10.3 Å². The minimum absolute atomic E-state index is 0.0798. The van der Waals surface area contributed by atoms with Crippen molar-refractivity contribution in [2.24, 2.45) is 7.05 Å². The molecule has 2 aromatic carbocycles. The molecule has 0 saturated heterocycles. The van der Waals surface area contributed by atoms with Gasteiger partial charge in [-0.25, -0.2) is 13.4 Å². The molecule has 0 unspecified atom stereocenters. The summed E-state index contributed by atoms with van der Waals surface area (Å²) >= 11 is 0. The molecule has 0 aliphatic carbocycles. The number of aromatic nitrogens is 2. The molecule has 3 aromatic rings. The van der Waals surface area contributed by atoms with Crippen LogP contribution in [0.2, 0.25) is 0 Å². The summed E-state index contributed by atoms with van der Waals surface area (Å²) in [5, 5.41) is 2.95. The number of sulfonamides is 1. The van der Waals surface area contributed by atoms with Gasteiger partial charge in [-0.1, -0.05) is 31.5 Å². The normalized spacial score (nSPS) is 11.9. The molecule has 166 valence electrons. The Labute approximate surface area is 184 Å². The third-order valence-corrected chi connectivity index (χ3v) is 7.57. The summed E-state index contributed by atoms with van der Waals surface area (Å²) in [5.41, 5.74) is 4.44. The third kappa shape index (κ3) is 4.80. The Hall–Kier alpha value is -2.71. The van der Waals surface area contributed by atoms with E-state index < -0.39 is 10.0 Å². The van der Waals surface area contributed by atoms with Crippen molar-refractivity contribution in [3.63, 3.8) is 0 Å². The topological polar surface area (TPSA) is 84.3 Å². The van der Waals surface area contributed by atoms with Crippen LogP contribution in [0.1, 0.15) is 37.2 Å². The number of aryl methyl sites for hydroxylation is 4. The van der Waals surface area contributed by atoms with Gasteiger partial charge in [0.15, 0.2) is 0 Å². The van der Waals surface area contributed by atoms with E-state index in [1.807, 2.05) is 57.5 Å². The van der Waals surface area contributed by atoms with E-state index in [9.17, 15) is 13.2 Å². The van der Waals surface area contributed by atoms with Crippen molar-refractivity contribution in [1.82, 2.24) is 13.9 Å². The van der Waals surface area contributed by atoms with E-state index >= 15 is 0 Å². The SMILES string of the molecule is CCN(CC)S(=O)(=O)c1ccc2c(c1)nc(CCC(=O)Nc1ccc(C)cc1C)n2C. The van der Waals surface area contributed by atoms with Gasteiger partial charge >= 0.3 is 0 Å². The highest BCUT2D eigenvalue weighted by Crippen LogP contribution is 2.23. The lowest BCUT2D eigenvalue weighted by molar-refractivity contribution is -0.116. The Morgan fingerprint density at radius 1 is 1.10 bits per heavy atom. The van der Waals surface area contributed by atoms with Crippen molar-refractivity contribution in [2.45, 2.75) is 45.4 Å². The van der Waals surface area contributed by atoms with Crippen LogP contribution >= 0.6 is 0 Å². The van der Waals surface area contributed by atoms with Gasteiger partial charge in [0.1, 0.15) is 5.82 Å². The van der Waals surface area contributed by atoms with E-state index in [0.717, 1.165) is 28.2 Å². The fourth-order valence-corrected chi connectivity index (χ4v) is 5.20. The predicted octanol–water partition coefficient (Wildman–Crippen LogP) is 3.79. The summed E-state index contributed by atoms with van der Waals surface area (Å²) in [7, 11) is -1.66. The first kappa shape index (κ1) is 23.0. The molecule has 3 rings (SSSR count). The number of hydrogen-bond acceptors (Lipinski definition) is 4. The Balaban J connectivity index is 1.77. The number of imidazole rings is 1. The van der Waals surface area contributed by atoms with Crippen molar-refractivity contribution < 1.29 is 13.2 Å². The first-order valence-electron chi connectivity index (χ1n) is 10.5. The maximum Gasteiger partial charge on any atom is 0.243 e. The quantitative estimate of drug-likeness (QED) is 0.575. The lowest BCUT2D eigenvalue weighted by Crippen LogP contribution is -2.30. The number of rotatable bonds is 8. The Morgan fingerprint density at radius 3 is 2.45 bits per heavy atom. The molecule has 7 nitrogen and oxygen atoms in total. The van der Waals surface area contributed by atoms with Gasteiger partial charge in [-0.05, 0) is 43.7 Å². The number of nitrogens with zero attached hydrogens (tertiary/aromatic N) is 3. The standard InChI is InChI=1S/C23H30N4O3S/c1-6-27(7-2)31(29,30)18-9-11-21-20(15-18)24-22(26(21)5)12-13-23(28)25-19-10-8-16(3)14-17(19)4/h8-11,14-15H,6-7,12-13H2,1-5H3,(H,25,28). The molecular weight excluding hydrogens is 412 g/mol. The van der Waals surface area contributed by atoms with E-state index in [1.54, 1.807) is 18.2 Å². The Morgan fingerprint density at radius 2 is 1.81 bits per heavy atom. The number of carbonyl (C=O) groups is 1. The largest absolute Gasteiger partial charge is 0.331 e. The van der Waals surface area contributed by atoms with Gasteiger partial charge in [0, 0.05) is 38.7 Å². The summed E-state index contributed by atoms with van der Waals surface area (Å²) in [5.74, 6) is 0.659. The van der Waals surface area contributed by atoms with Crippen LogP contribution in [0.4, 0.5) is 5.69 Å². The van der Waals surface area contributed by atoms with E-state index in [0.29, 0.717) is 25.0 Å². The minimum atomic E-state index is -3.54. The fourth-order valence-electron chi connectivity index (χ4n) is 3.72. The van der Waals surface area contributed by atoms with Gasteiger partial charge in [-0.3, -0.25) is 4.79 Å². The number of hydrogen-bond donors (Lipinski definition) is 1. The molecule has 0 radical (unpaired) electrons. The summed E-state index contributed by atoms with van der Waals surface area (Å²) in [4.78, 5) is 17.3. The zero-order valence-corrected chi connectivity index (χ0v) is 19.6. The van der Waals surface area contributed by atoms with Crippen LogP contribution in [0.5, 0.6) is 0 Å². The molecule has 0 spiro atoms. The smallest absolute Gasteiger partial charge is 0.243 e. The van der Waals surface area contributed by atoms with Crippen LogP contribution < -0.4 is 5.32 Å². The summed E-state index contributed by atoms with van der Waals surface area (Å²) < 4.78 is 28.9. The fraction of sp³-hybridized carbons (Fsp3) is 0.391. The summed E-state index contributed by atoms with van der Waals surface area (Å²) in [6, 6.07) is 10.9. The number of fused-ring (bicyclic) bond motifs is 1. The monoisotopic (exact) mass is 442 g/mol. The number of anilines is 1. The van der Waals surface area contributed by atoms with Crippen molar-refractivity contribution in [1.29, 1.82) is 0 Å². The highest BCUT2D eigenvalue weighted by molar-refractivity contribution is 7.89. The van der Waals surface area contributed by atoms with Crippen molar-refractivity contribution in [3.8, 4) is 0 Å². The molecular formula is C23H30N4O3S. The lowest BCUT2D eigenvalue weighted by atomic mass is 10.1. The van der Waals surface area contributed by atoms with Crippen LogP contribution in [0.25, 0.3) is 11.0 Å². The second kappa shape index (κ2) is 9.20. The molecule has 1 heterocycles. The van der Waals surface area contributed by atoms with Crippen LogP contribution in [0, 0.1) is 13.8 Å². The highest BCUT2D eigenvalue weighted by atomic mass is 32.2. The molecule has 0 fully saturated rings. The lowest BCUT2D eigenvalue weighted by Gasteiger charge is -2.18. The maximum atomic E-state index is 12.8. The summed E-state index contributed by atoms with van der Waals surface area (Å²) in [6.45, 7) is 8.46. The Kier molecular flexibility index (Phi) is 6.81. The maximum absolute atomic E-state index is 12.8. The zero-order valence-electron chi connectivity index (χ0n) is 18.8. The number of nitrogens with one attached hydrogen (secondary N) is 1. The highest BCUT2D eigenvalue weighted by Gasteiger charge is 2.22. The van der Waals surface area contributed by atoms with Gasteiger partial charge in [-0.2, -0.15) is 4.31 Å². The van der Waals surface area contributed by atoms with Crippen LogP contribution in [-0.2, 0) is 28.3 Å². The molecule has 1 amide bonds. The molecule has 0 aliphatic heterocycles. The van der Waals surface area contributed by atoms with Crippen molar-refractivity contribution in [3.05, 3.63) is 53.3 Å². The zero-order chi connectivity index (χ0) is 22.8. The average molecular weight is 443 g/mol. The molecule has 1 aromatic heterocycles. The van der Waals surface area contributed by atoms with Gasteiger partial charge in [-0.15, -0.1) is 0 Å². The van der Waals surface area contributed by atoms with E-state index in [4.69, 9.17) is 0 Å². The molecule has 1 N–H and O–H groups in total. The van der Waals surface area contributed by atoms with Crippen LogP contribution in [-0.4, -0.2) is 41.3 Å². The average Bonchev–Trinajstić information content (AvgIpc) is 3.04. The van der Waals surface area contributed by atoms with E-state index in [1.165, 1.54) is 4.31 Å². The second-order valence-corrected chi connectivity index (χ2v) is 9.63. The molecule has 8 heteroatoms. The number of amides is 1. The van der Waals surface area contributed by atoms with Gasteiger partial charge < -0.3 is 9.88 Å². The van der Waals surface area contributed by atoms with Crippen molar-refractivity contribution >= 4 is 32.7 Å². The minimum Gasteiger partial charge on any atom is -0.331 e. The number of carbonyl (C=O) groups excluding carboxylic acids is 1. The van der Waals surface area contributed by atoms with Gasteiger partial charge in [0.25, 0.3) is 0 Å². The Bertz CT molecular complexity index is 1210. The molecule has 0 saturated carbocycles. The molecule has 31 heavy (non-hydrogen) atoms. The first-order chi connectivity index (χ1) is 14.7. The molecule has 0 aliphatic rings. The van der Waals surface area contributed by atoms with Crippen LogP contribution in [0.15, 0.2) is 41.3 Å². The van der Waals surface area contributed by atoms with Crippen molar-refractivity contribution in [2.75, 3.05) is 18.4 Å². The predicted molar refractivity (Wildman–Crippen MR) is 124 cm³/mol. The number of benzene rings is 2. The van der Waals surface area contributed by atoms with Gasteiger partial charge in [0.05, 0.1) is 15.9 Å². The summed E-state index contributed by atoms with van der Waals surface area (Å²) in [6.07, 6.45) is 0.745. The molecule has 0 bridgehead atoms. The van der Waals surface area contributed by atoms with Crippen LogP contribution in [0.3, 0.4) is 0 Å². The van der Waals surface area contributed by atoms with Gasteiger partial charge in [0.2, 0.25) is 15.9 Å². The molecule has 0 atom stereocenters.